The number of carboxylic acid groups (broad SMARTS) is 1. The van der Waals surface area contributed by atoms with Crippen LogP contribution in [-0.4, -0.2) is 46.9 Å². The summed E-state index contributed by atoms with van der Waals surface area (Å²) in [6, 6.07) is 26.7. The van der Waals surface area contributed by atoms with E-state index in [-0.39, 0.29) is 62.4 Å². The zero-order valence-corrected chi connectivity index (χ0v) is 29.6. The van der Waals surface area contributed by atoms with Crippen LogP contribution in [0.1, 0.15) is 27.0 Å². The Kier molecular flexibility index (Phi) is 11.0. The van der Waals surface area contributed by atoms with Crippen molar-refractivity contribution in [2.45, 2.75) is 0 Å². The monoisotopic (exact) mass is 697 g/mol. The van der Waals surface area contributed by atoms with Crippen molar-refractivity contribution in [1.82, 2.24) is 30.4 Å². The molecule has 0 aliphatic rings. The van der Waals surface area contributed by atoms with Gasteiger partial charge >= 0.3 is 57.4 Å². The summed E-state index contributed by atoms with van der Waals surface area (Å²) in [6.07, 6.45) is 6.32. The van der Waals surface area contributed by atoms with E-state index in [1.807, 2.05) is 0 Å². The van der Waals surface area contributed by atoms with Gasteiger partial charge in [0.2, 0.25) is 0 Å². The van der Waals surface area contributed by atoms with Crippen molar-refractivity contribution < 1.29 is 75.6 Å². The number of benzene rings is 2. The normalized spacial score (nSPS) is 10.1. The van der Waals surface area contributed by atoms with Crippen LogP contribution in [0.5, 0.6) is 0 Å². The van der Waals surface area contributed by atoms with Gasteiger partial charge in [-0.25, -0.2) is 14.8 Å². The quantitative estimate of drug-likeness (QED) is 0.217. The SMILES string of the molecule is N#Cc1c(-c2ccc(C(=O)O)cc2)nc2[nH]ncc2c1-c1ccco1.N#Cc1ccc(-c2nc3[nH]ncc3c(-c3ccco3)c2C#N)cc1.[K+].[OH-]. The van der Waals surface area contributed by atoms with Gasteiger partial charge in [0, 0.05) is 22.3 Å². The predicted octanol–water partition coefficient (Wildman–Crippen LogP) is 3.91. The Morgan fingerprint density at radius 2 is 1.12 bits per heavy atom. The smallest absolute Gasteiger partial charge is 0.870 e. The Hall–Kier alpha value is -6.22. The molecule has 0 saturated carbocycles. The minimum Gasteiger partial charge on any atom is -0.870 e. The summed E-state index contributed by atoms with van der Waals surface area (Å²) in [5.41, 5.74) is 6.12. The maximum absolute atomic E-state index is 11.0. The molecular formula is C36H20KN9O5. The van der Waals surface area contributed by atoms with Crippen LogP contribution in [-0.2, 0) is 0 Å². The number of hydrogen-bond donors (Lipinski definition) is 3. The van der Waals surface area contributed by atoms with Gasteiger partial charge in [-0.2, -0.15) is 26.0 Å². The topological polar surface area (TPSA) is 248 Å². The molecule has 0 amide bonds. The molecule has 0 atom stereocenters. The maximum atomic E-state index is 11.0. The number of aromatic amines is 2. The molecular weight excluding hydrogens is 678 g/mol. The average Bonchev–Trinajstić information content (AvgIpc) is 3.98. The number of rotatable bonds is 5. The van der Waals surface area contributed by atoms with E-state index in [1.54, 1.807) is 79.3 Å². The summed E-state index contributed by atoms with van der Waals surface area (Å²) in [6.45, 7) is 0. The zero-order chi connectivity index (χ0) is 33.9. The van der Waals surface area contributed by atoms with E-state index in [2.05, 4.69) is 48.6 Å². The molecule has 0 saturated heterocycles. The van der Waals surface area contributed by atoms with Gasteiger partial charge in [0.15, 0.2) is 11.3 Å². The molecule has 0 fully saturated rings. The second-order valence-electron chi connectivity index (χ2n) is 10.4. The van der Waals surface area contributed by atoms with Crippen LogP contribution >= 0.6 is 0 Å². The number of H-pyrrole nitrogens is 2. The summed E-state index contributed by atoms with van der Waals surface area (Å²) < 4.78 is 11.0. The van der Waals surface area contributed by atoms with Crippen LogP contribution < -0.4 is 51.4 Å². The van der Waals surface area contributed by atoms with Crippen LogP contribution in [0, 0.1) is 34.0 Å². The van der Waals surface area contributed by atoms with E-state index in [0.29, 0.717) is 73.0 Å². The van der Waals surface area contributed by atoms with Gasteiger partial charge in [-0.15, -0.1) is 0 Å². The second kappa shape index (κ2) is 15.5. The van der Waals surface area contributed by atoms with Gasteiger partial charge in [0.1, 0.15) is 23.7 Å². The Balaban J connectivity index is 0.000000190. The number of nitrogens with one attached hydrogen (secondary N) is 2. The third-order valence-corrected chi connectivity index (χ3v) is 7.65. The molecule has 2 aromatic carbocycles. The summed E-state index contributed by atoms with van der Waals surface area (Å²) in [4.78, 5) is 20.1. The van der Waals surface area contributed by atoms with Gasteiger partial charge in [-0.3, -0.25) is 10.2 Å². The molecule has 6 aromatic heterocycles. The molecule has 14 nitrogen and oxygen atoms in total. The van der Waals surface area contributed by atoms with E-state index < -0.39 is 5.97 Å². The number of pyridine rings is 2. The minimum atomic E-state index is -1.01. The Bertz CT molecular complexity index is 2610. The summed E-state index contributed by atoms with van der Waals surface area (Å²) in [7, 11) is 0. The largest absolute Gasteiger partial charge is 1.00 e. The van der Waals surface area contributed by atoms with E-state index in [9.17, 15) is 15.3 Å². The number of aromatic carboxylic acids is 1. The second-order valence-corrected chi connectivity index (χ2v) is 10.4. The van der Waals surface area contributed by atoms with Crippen molar-refractivity contribution in [3.05, 3.63) is 120 Å². The van der Waals surface area contributed by atoms with Crippen LogP contribution in [0.2, 0.25) is 0 Å². The molecule has 240 valence electrons. The molecule has 15 heteroatoms. The first-order chi connectivity index (χ1) is 24.0. The third kappa shape index (κ3) is 6.83. The Morgan fingerprint density at radius 1 is 0.667 bits per heavy atom. The van der Waals surface area contributed by atoms with Crippen LogP contribution in [0.4, 0.5) is 0 Å². The molecule has 0 radical (unpaired) electrons. The van der Waals surface area contributed by atoms with Crippen molar-refractivity contribution in [2.75, 3.05) is 0 Å². The third-order valence-electron chi connectivity index (χ3n) is 7.65. The summed E-state index contributed by atoms with van der Waals surface area (Å²) >= 11 is 0. The molecule has 8 aromatic rings. The van der Waals surface area contributed by atoms with Gasteiger partial charge in [-0.05, 0) is 48.5 Å². The molecule has 51 heavy (non-hydrogen) atoms. The van der Waals surface area contributed by atoms with Gasteiger partial charge < -0.3 is 19.4 Å². The predicted molar refractivity (Wildman–Crippen MR) is 177 cm³/mol. The molecule has 8 rings (SSSR count). The molecule has 4 N–H and O–H groups in total. The van der Waals surface area contributed by atoms with Crippen molar-refractivity contribution in [3.63, 3.8) is 0 Å². The Labute approximate surface area is 330 Å². The first-order valence-corrected chi connectivity index (χ1v) is 14.5. The number of nitriles is 3. The molecule has 0 unspecified atom stereocenters. The van der Waals surface area contributed by atoms with Crippen LogP contribution in [0.15, 0.2) is 107 Å². The van der Waals surface area contributed by atoms with Gasteiger partial charge in [0.25, 0.3) is 0 Å². The van der Waals surface area contributed by atoms with Crippen LogP contribution in [0.25, 0.3) is 67.2 Å². The minimum absolute atomic E-state index is 0. The fraction of sp³-hybridized carbons (Fsp3) is 0. The number of carboxylic acids is 1. The zero-order valence-electron chi connectivity index (χ0n) is 26.5. The van der Waals surface area contributed by atoms with E-state index in [1.165, 1.54) is 18.4 Å². The Morgan fingerprint density at radius 3 is 1.49 bits per heavy atom. The summed E-state index contributed by atoms with van der Waals surface area (Å²) in [5, 5.41) is 52.5. The molecule has 0 aliphatic heterocycles. The number of nitrogens with zero attached hydrogens (tertiary/aromatic N) is 7. The first kappa shape index (κ1) is 36.1. The fourth-order valence-corrected chi connectivity index (χ4v) is 5.40. The number of carbonyl (C=O) groups is 1. The molecule has 6 heterocycles. The molecule has 0 spiro atoms. The van der Waals surface area contributed by atoms with Crippen molar-refractivity contribution in [1.29, 1.82) is 15.8 Å². The number of aromatic nitrogens is 6. The molecule has 0 bridgehead atoms. The number of furan rings is 2. The van der Waals surface area contributed by atoms with Crippen molar-refractivity contribution in [2.24, 2.45) is 0 Å². The number of hydrogen-bond acceptors (Lipinski definition) is 11. The average molecular weight is 698 g/mol. The fourth-order valence-electron chi connectivity index (χ4n) is 5.40. The van der Waals surface area contributed by atoms with Crippen molar-refractivity contribution in [3.8, 4) is 63.4 Å². The standard InChI is InChI=1S/C18H9N5O.C18H10N4O3.K.H2O/c19-8-11-3-5-12(6-4-11)17-13(9-20)16(15-2-1-7-24-15)14-10-21-23-18(14)22-17;19-8-12-15(14-2-1-7-25-14)13-9-20-22-17(13)21-16(12)10-3-5-11(6-4-10)18(23)24;;/h1-7,10H,(H,21,22,23);1-7,9H,(H,23,24)(H,20,21,22);;1H2/q;;+1;/p-1. The summed E-state index contributed by atoms with van der Waals surface area (Å²) in [5.74, 6) is 0.101. The maximum Gasteiger partial charge on any atom is 1.00 e. The van der Waals surface area contributed by atoms with E-state index in [4.69, 9.17) is 19.2 Å². The number of fused-ring (bicyclic) bond motifs is 2. The van der Waals surface area contributed by atoms with Gasteiger partial charge in [0.05, 0.1) is 75.4 Å². The van der Waals surface area contributed by atoms with Gasteiger partial charge in [-0.1, -0.05) is 24.3 Å². The molecule has 0 aliphatic carbocycles. The first-order valence-electron chi connectivity index (χ1n) is 14.5. The van der Waals surface area contributed by atoms with E-state index >= 15 is 0 Å². The van der Waals surface area contributed by atoms with Crippen LogP contribution in [0.3, 0.4) is 0 Å². The van der Waals surface area contributed by atoms with Crippen molar-refractivity contribution >= 4 is 28.0 Å². The van der Waals surface area contributed by atoms with E-state index in [0.717, 1.165) is 10.9 Å².